The molecule has 3 rings (SSSR count). The summed E-state index contributed by atoms with van der Waals surface area (Å²) >= 11 is 2.08. The Morgan fingerprint density at radius 2 is 1.68 bits per heavy atom. The first-order valence-electron chi connectivity index (χ1n) is 7.05. The van der Waals surface area contributed by atoms with Crippen molar-refractivity contribution in [2.45, 2.75) is 55.6 Å². The Balaban J connectivity index is 1.97. The Bertz CT molecular complexity index is 463. The lowest BCUT2D eigenvalue weighted by Crippen LogP contribution is -2.34. The van der Waals surface area contributed by atoms with Crippen molar-refractivity contribution in [3.05, 3.63) is 28.8 Å². The Morgan fingerprint density at radius 1 is 1.16 bits per heavy atom. The highest BCUT2D eigenvalue weighted by atomic mass is 32.2. The molecule has 2 fully saturated rings. The van der Waals surface area contributed by atoms with Crippen molar-refractivity contribution in [3.8, 4) is 5.75 Å². The largest absolute Gasteiger partial charge is 0.496 e. The summed E-state index contributed by atoms with van der Waals surface area (Å²) in [4.78, 5) is 0. The average Bonchev–Trinajstić information content (AvgIpc) is 2.69. The second-order valence-corrected chi connectivity index (χ2v) is 7.65. The highest BCUT2D eigenvalue weighted by molar-refractivity contribution is 8.00. The molecule has 2 bridgehead atoms. The monoisotopic (exact) mass is 278 g/mol. The number of methoxy groups -OCH3 is 1. The molecule has 2 aliphatic rings. The summed E-state index contributed by atoms with van der Waals surface area (Å²) in [7, 11) is 1.71. The molecule has 0 amide bonds. The van der Waals surface area contributed by atoms with Crippen LogP contribution in [0, 0.1) is 13.8 Å². The highest BCUT2D eigenvalue weighted by Crippen LogP contribution is 2.51. The molecule has 0 radical (unpaired) electrons. The van der Waals surface area contributed by atoms with E-state index < -0.39 is 5.60 Å². The molecule has 1 N–H and O–H groups in total. The van der Waals surface area contributed by atoms with E-state index in [1.165, 1.54) is 12.8 Å². The standard InChI is InChI=1S/C16H22O2S/c1-10-6-12(7-11(2)15(10)18-3)16(17)8-13-4-5-14(9-16)19-13/h6-7,13-14,17H,4-5,8-9H2,1-3H3. The van der Waals surface area contributed by atoms with Gasteiger partial charge >= 0.3 is 0 Å². The minimum atomic E-state index is -0.626. The van der Waals surface area contributed by atoms with Crippen molar-refractivity contribution in [1.82, 2.24) is 0 Å². The fourth-order valence-corrected chi connectivity index (χ4v) is 5.53. The maximum absolute atomic E-state index is 11.1. The summed E-state index contributed by atoms with van der Waals surface area (Å²) in [6.07, 6.45) is 4.34. The van der Waals surface area contributed by atoms with Gasteiger partial charge in [0.05, 0.1) is 12.7 Å². The quantitative estimate of drug-likeness (QED) is 0.897. The molecular formula is C16H22O2S. The van der Waals surface area contributed by atoms with Gasteiger partial charge in [-0.2, -0.15) is 11.8 Å². The van der Waals surface area contributed by atoms with E-state index in [2.05, 4.69) is 37.7 Å². The maximum atomic E-state index is 11.1. The van der Waals surface area contributed by atoms with Gasteiger partial charge < -0.3 is 9.84 Å². The van der Waals surface area contributed by atoms with Crippen LogP contribution in [0.4, 0.5) is 0 Å². The predicted octanol–water partition coefficient (Wildman–Crippen LogP) is 3.56. The smallest absolute Gasteiger partial charge is 0.124 e. The lowest BCUT2D eigenvalue weighted by Gasteiger charge is -2.37. The molecule has 2 saturated heterocycles. The minimum Gasteiger partial charge on any atom is -0.496 e. The van der Waals surface area contributed by atoms with E-state index in [1.807, 2.05) is 0 Å². The molecule has 2 atom stereocenters. The van der Waals surface area contributed by atoms with Crippen molar-refractivity contribution in [2.24, 2.45) is 0 Å². The lowest BCUT2D eigenvalue weighted by atomic mass is 9.84. The molecule has 2 aliphatic heterocycles. The third kappa shape index (κ3) is 2.27. The van der Waals surface area contributed by atoms with Gasteiger partial charge in [-0.3, -0.25) is 0 Å². The first-order valence-corrected chi connectivity index (χ1v) is 7.99. The van der Waals surface area contributed by atoms with Gasteiger partial charge in [-0.05, 0) is 68.4 Å². The fourth-order valence-electron chi connectivity index (χ4n) is 3.69. The van der Waals surface area contributed by atoms with Crippen LogP contribution in [0.5, 0.6) is 5.75 Å². The van der Waals surface area contributed by atoms with Crippen molar-refractivity contribution in [3.63, 3.8) is 0 Å². The van der Waals surface area contributed by atoms with Gasteiger partial charge in [0.15, 0.2) is 0 Å². The number of benzene rings is 1. The van der Waals surface area contributed by atoms with Crippen molar-refractivity contribution < 1.29 is 9.84 Å². The first kappa shape index (κ1) is 13.3. The Hall–Kier alpha value is -0.670. The fraction of sp³-hybridized carbons (Fsp3) is 0.625. The van der Waals surface area contributed by atoms with Crippen LogP contribution >= 0.6 is 11.8 Å². The topological polar surface area (TPSA) is 29.5 Å². The molecule has 2 heterocycles. The normalized spacial score (nSPS) is 33.5. The zero-order valence-electron chi connectivity index (χ0n) is 11.9. The summed E-state index contributed by atoms with van der Waals surface area (Å²) in [5.41, 5.74) is 2.70. The van der Waals surface area contributed by atoms with E-state index >= 15 is 0 Å². The molecule has 2 unspecified atom stereocenters. The summed E-state index contributed by atoms with van der Waals surface area (Å²) in [5, 5.41) is 12.4. The molecule has 2 nitrogen and oxygen atoms in total. The number of fused-ring (bicyclic) bond motifs is 2. The average molecular weight is 278 g/mol. The molecule has 19 heavy (non-hydrogen) atoms. The number of aliphatic hydroxyl groups is 1. The van der Waals surface area contributed by atoms with E-state index in [0.29, 0.717) is 10.5 Å². The van der Waals surface area contributed by atoms with Crippen LogP contribution in [-0.4, -0.2) is 22.7 Å². The van der Waals surface area contributed by atoms with Crippen molar-refractivity contribution in [1.29, 1.82) is 0 Å². The lowest BCUT2D eigenvalue weighted by molar-refractivity contribution is 0.0195. The Kier molecular flexibility index (Phi) is 3.30. The molecule has 0 aliphatic carbocycles. The summed E-state index contributed by atoms with van der Waals surface area (Å²) in [6, 6.07) is 4.22. The van der Waals surface area contributed by atoms with Gasteiger partial charge in [-0.1, -0.05) is 0 Å². The molecule has 0 saturated carbocycles. The maximum Gasteiger partial charge on any atom is 0.124 e. The second-order valence-electron chi connectivity index (χ2n) is 6.04. The Labute approximate surface area is 119 Å². The van der Waals surface area contributed by atoms with Crippen LogP contribution in [0.3, 0.4) is 0 Å². The molecule has 0 spiro atoms. The number of ether oxygens (including phenoxy) is 1. The minimum absolute atomic E-state index is 0.626. The summed E-state index contributed by atoms with van der Waals surface area (Å²) < 4.78 is 5.42. The van der Waals surface area contributed by atoms with E-state index in [-0.39, 0.29) is 0 Å². The number of thioether (sulfide) groups is 1. The molecule has 104 valence electrons. The number of rotatable bonds is 2. The van der Waals surface area contributed by atoms with Crippen LogP contribution < -0.4 is 4.74 Å². The third-order valence-electron chi connectivity index (χ3n) is 4.53. The van der Waals surface area contributed by atoms with E-state index in [1.54, 1.807) is 7.11 Å². The van der Waals surface area contributed by atoms with E-state index in [0.717, 1.165) is 35.3 Å². The molecule has 0 aromatic heterocycles. The first-order chi connectivity index (χ1) is 9.01. The molecular weight excluding hydrogens is 256 g/mol. The van der Waals surface area contributed by atoms with Crippen LogP contribution in [0.2, 0.25) is 0 Å². The van der Waals surface area contributed by atoms with Gasteiger partial charge in [0.2, 0.25) is 0 Å². The van der Waals surface area contributed by atoms with Crippen LogP contribution in [-0.2, 0) is 5.60 Å². The van der Waals surface area contributed by atoms with Gasteiger partial charge in [-0.15, -0.1) is 0 Å². The van der Waals surface area contributed by atoms with E-state index in [4.69, 9.17) is 4.74 Å². The van der Waals surface area contributed by atoms with Crippen LogP contribution in [0.25, 0.3) is 0 Å². The number of hydrogen-bond donors (Lipinski definition) is 1. The molecule has 1 aromatic carbocycles. The van der Waals surface area contributed by atoms with Crippen molar-refractivity contribution in [2.75, 3.05) is 7.11 Å². The predicted molar refractivity (Wildman–Crippen MR) is 80.0 cm³/mol. The van der Waals surface area contributed by atoms with Gasteiger partial charge in [0.1, 0.15) is 5.75 Å². The van der Waals surface area contributed by atoms with Gasteiger partial charge in [0.25, 0.3) is 0 Å². The van der Waals surface area contributed by atoms with Crippen molar-refractivity contribution >= 4 is 11.8 Å². The molecule has 3 heteroatoms. The highest BCUT2D eigenvalue weighted by Gasteiger charge is 2.44. The van der Waals surface area contributed by atoms with E-state index in [9.17, 15) is 5.11 Å². The number of aryl methyl sites for hydroxylation is 2. The van der Waals surface area contributed by atoms with Crippen LogP contribution in [0.1, 0.15) is 42.4 Å². The summed E-state index contributed by atoms with van der Waals surface area (Å²) in [5.74, 6) is 0.945. The molecule has 1 aromatic rings. The second kappa shape index (κ2) is 4.71. The number of hydrogen-bond acceptors (Lipinski definition) is 3. The van der Waals surface area contributed by atoms with Gasteiger partial charge in [0, 0.05) is 10.5 Å². The zero-order chi connectivity index (χ0) is 13.6. The zero-order valence-corrected chi connectivity index (χ0v) is 12.7. The SMILES string of the molecule is COc1c(C)cc(C2(O)CC3CCC(C2)S3)cc1C. The van der Waals surface area contributed by atoms with Crippen LogP contribution in [0.15, 0.2) is 12.1 Å². The van der Waals surface area contributed by atoms with Gasteiger partial charge in [-0.25, -0.2) is 0 Å². The summed E-state index contributed by atoms with van der Waals surface area (Å²) in [6.45, 7) is 4.12. The Morgan fingerprint density at radius 3 is 2.16 bits per heavy atom. The third-order valence-corrected chi connectivity index (χ3v) is 6.10.